The standard InChI is InChI=1S/C9H9BrO4/c1-14-7-3-2-5(6(11)4-10)8(12)9(7)13/h2-3,12-13H,4H2,1H3. The van der Waals surface area contributed by atoms with Gasteiger partial charge in [0.25, 0.3) is 0 Å². The highest BCUT2D eigenvalue weighted by Crippen LogP contribution is 2.37. The third-order valence-electron chi connectivity index (χ3n) is 1.76. The number of ketones is 1. The monoisotopic (exact) mass is 260 g/mol. The molecule has 0 saturated heterocycles. The zero-order valence-electron chi connectivity index (χ0n) is 7.45. The van der Waals surface area contributed by atoms with Gasteiger partial charge in [0.2, 0.25) is 5.75 Å². The van der Waals surface area contributed by atoms with Gasteiger partial charge in [0.15, 0.2) is 17.3 Å². The summed E-state index contributed by atoms with van der Waals surface area (Å²) in [4.78, 5) is 11.2. The molecular weight excluding hydrogens is 252 g/mol. The minimum atomic E-state index is -0.450. The van der Waals surface area contributed by atoms with Gasteiger partial charge in [-0.3, -0.25) is 4.79 Å². The Kier molecular flexibility index (Phi) is 3.35. The molecule has 0 aliphatic carbocycles. The summed E-state index contributed by atoms with van der Waals surface area (Å²) < 4.78 is 4.76. The average Bonchev–Trinajstić information content (AvgIpc) is 2.21. The lowest BCUT2D eigenvalue weighted by atomic mass is 10.1. The van der Waals surface area contributed by atoms with E-state index in [1.54, 1.807) is 0 Å². The number of hydrogen-bond donors (Lipinski definition) is 2. The van der Waals surface area contributed by atoms with Gasteiger partial charge in [-0.05, 0) is 12.1 Å². The molecule has 1 rings (SSSR count). The number of methoxy groups -OCH3 is 1. The molecular formula is C9H9BrO4. The van der Waals surface area contributed by atoms with Crippen LogP contribution in [0.15, 0.2) is 12.1 Å². The van der Waals surface area contributed by atoms with Gasteiger partial charge >= 0.3 is 0 Å². The summed E-state index contributed by atoms with van der Waals surface area (Å²) in [5.41, 5.74) is 0.0696. The van der Waals surface area contributed by atoms with Gasteiger partial charge in [-0.15, -0.1) is 0 Å². The number of carbonyl (C=O) groups is 1. The highest BCUT2D eigenvalue weighted by molar-refractivity contribution is 9.09. The van der Waals surface area contributed by atoms with Gasteiger partial charge in [0.1, 0.15) is 0 Å². The van der Waals surface area contributed by atoms with Crippen molar-refractivity contribution in [3.05, 3.63) is 17.7 Å². The van der Waals surface area contributed by atoms with E-state index >= 15 is 0 Å². The van der Waals surface area contributed by atoms with Crippen LogP contribution in [-0.2, 0) is 0 Å². The molecule has 2 N–H and O–H groups in total. The normalized spacial score (nSPS) is 9.86. The van der Waals surface area contributed by atoms with Crippen LogP contribution in [0.25, 0.3) is 0 Å². The maximum atomic E-state index is 11.2. The summed E-state index contributed by atoms with van der Waals surface area (Å²) in [5, 5.41) is 18.9. The molecule has 76 valence electrons. The molecule has 0 bridgehead atoms. The van der Waals surface area contributed by atoms with Gasteiger partial charge in [-0.2, -0.15) is 0 Å². The molecule has 5 heteroatoms. The van der Waals surface area contributed by atoms with E-state index in [4.69, 9.17) is 4.74 Å². The van der Waals surface area contributed by atoms with Crippen molar-refractivity contribution in [3.8, 4) is 17.2 Å². The SMILES string of the molecule is COc1ccc(C(=O)CBr)c(O)c1O. The van der Waals surface area contributed by atoms with Crippen molar-refractivity contribution < 1.29 is 19.7 Å². The number of rotatable bonds is 3. The second-order valence-corrected chi connectivity index (χ2v) is 3.13. The van der Waals surface area contributed by atoms with Gasteiger partial charge in [-0.1, -0.05) is 15.9 Å². The molecule has 1 aromatic rings. The van der Waals surface area contributed by atoms with Crippen molar-refractivity contribution in [2.24, 2.45) is 0 Å². The zero-order valence-corrected chi connectivity index (χ0v) is 9.04. The van der Waals surface area contributed by atoms with Crippen LogP contribution in [0.3, 0.4) is 0 Å². The number of phenols is 2. The van der Waals surface area contributed by atoms with Crippen LogP contribution in [0.1, 0.15) is 10.4 Å². The van der Waals surface area contributed by atoms with Crippen molar-refractivity contribution in [2.75, 3.05) is 12.4 Å². The number of alkyl halides is 1. The van der Waals surface area contributed by atoms with Gasteiger partial charge in [0, 0.05) is 0 Å². The van der Waals surface area contributed by atoms with Crippen LogP contribution in [-0.4, -0.2) is 28.4 Å². The Morgan fingerprint density at radius 2 is 2.07 bits per heavy atom. The minimum absolute atomic E-state index is 0.0696. The third kappa shape index (κ3) is 1.82. The number of benzene rings is 1. The second kappa shape index (κ2) is 4.32. The number of halogens is 1. The van der Waals surface area contributed by atoms with E-state index in [9.17, 15) is 15.0 Å². The molecule has 0 unspecified atom stereocenters. The fraction of sp³-hybridized carbons (Fsp3) is 0.222. The topological polar surface area (TPSA) is 66.8 Å². The molecule has 0 amide bonds. The van der Waals surface area contributed by atoms with Crippen LogP contribution in [0, 0.1) is 0 Å². The van der Waals surface area contributed by atoms with Crippen molar-refractivity contribution >= 4 is 21.7 Å². The smallest absolute Gasteiger partial charge is 0.201 e. The summed E-state index contributed by atoms with van der Waals surface area (Å²) in [7, 11) is 1.36. The van der Waals surface area contributed by atoms with Crippen LogP contribution in [0.5, 0.6) is 17.2 Å². The Morgan fingerprint density at radius 1 is 1.43 bits per heavy atom. The molecule has 0 spiro atoms. The van der Waals surface area contributed by atoms with E-state index < -0.39 is 11.5 Å². The Hall–Kier alpha value is -1.23. The predicted octanol–water partition coefficient (Wildman–Crippen LogP) is 1.68. The quantitative estimate of drug-likeness (QED) is 0.493. The summed E-state index contributed by atoms with van der Waals surface area (Å²) in [6.07, 6.45) is 0. The van der Waals surface area contributed by atoms with Crippen LogP contribution < -0.4 is 4.74 Å². The molecule has 0 fully saturated rings. The Labute approximate surface area is 89.3 Å². The zero-order chi connectivity index (χ0) is 10.7. The Balaban J connectivity index is 3.24. The minimum Gasteiger partial charge on any atom is -0.504 e. The first-order valence-corrected chi connectivity index (χ1v) is 4.92. The van der Waals surface area contributed by atoms with E-state index in [1.807, 2.05) is 0 Å². The molecule has 0 saturated carbocycles. The van der Waals surface area contributed by atoms with E-state index in [1.165, 1.54) is 19.2 Å². The molecule has 0 atom stereocenters. The fourth-order valence-corrected chi connectivity index (χ4v) is 1.32. The predicted molar refractivity (Wildman–Crippen MR) is 54.4 cm³/mol. The molecule has 0 heterocycles. The van der Waals surface area contributed by atoms with Crippen molar-refractivity contribution in [1.29, 1.82) is 0 Å². The Bertz CT molecular complexity index is 362. The van der Waals surface area contributed by atoms with Gasteiger partial charge in [0.05, 0.1) is 18.0 Å². The lowest BCUT2D eigenvalue weighted by Crippen LogP contribution is -2.00. The molecule has 1 aromatic carbocycles. The highest BCUT2D eigenvalue weighted by Gasteiger charge is 2.16. The number of ether oxygens (including phenoxy) is 1. The van der Waals surface area contributed by atoms with Crippen LogP contribution >= 0.6 is 15.9 Å². The lowest BCUT2D eigenvalue weighted by Gasteiger charge is -2.07. The molecule has 14 heavy (non-hydrogen) atoms. The largest absolute Gasteiger partial charge is 0.504 e. The number of phenolic OH excluding ortho intramolecular Hbond substituents is 2. The average molecular weight is 261 g/mol. The van der Waals surface area contributed by atoms with Gasteiger partial charge in [-0.25, -0.2) is 0 Å². The van der Waals surface area contributed by atoms with E-state index in [0.717, 1.165) is 0 Å². The number of Topliss-reactive ketones (excluding diaryl/α,β-unsaturated/α-hetero) is 1. The number of aromatic hydroxyl groups is 2. The maximum absolute atomic E-state index is 11.2. The first-order valence-electron chi connectivity index (χ1n) is 3.80. The number of carbonyl (C=O) groups excluding carboxylic acids is 1. The molecule has 4 nitrogen and oxygen atoms in total. The van der Waals surface area contributed by atoms with Crippen LogP contribution in [0.2, 0.25) is 0 Å². The molecule has 0 aliphatic heterocycles. The van der Waals surface area contributed by atoms with Crippen molar-refractivity contribution in [2.45, 2.75) is 0 Å². The van der Waals surface area contributed by atoms with E-state index in [-0.39, 0.29) is 22.4 Å². The first kappa shape index (κ1) is 10.8. The highest BCUT2D eigenvalue weighted by atomic mass is 79.9. The van der Waals surface area contributed by atoms with Crippen molar-refractivity contribution in [1.82, 2.24) is 0 Å². The second-order valence-electron chi connectivity index (χ2n) is 2.57. The van der Waals surface area contributed by atoms with Crippen LogP contribution in [0.4, 0.5) is 0 Å². The molecule has 0 aliphatic rings. The summed E-state index contributed by atoms with van der Waals surface area (Å²) in [6, 6.07) is 2.82. The molecule has 0 radical (unpaired) electrons. The van der Waals surface area contributed by atoms with Gasteiger partial charge < -0.3 is 14.9 Å². The first-order chi connectivity index (χ1) is 6.61. The lowest BCUT2D eigenvalue weighted by molar-refractivity contribution is 0.102. The van der Waals surface area contributed by atoms with Crippen molar-refractivity contribution in [3.63, 3.8) is 0 Å². The van der Waals surface area contributed by atoms with E-state index in [0.29, 0.717) is 0 Å². The summed E-state index contributed by atoms with van der Waals surface area (Å²) in [6.45, 7) is 0. The number of hydrogen-bond acceptors (Lipinski definition) is 4. The fourth-order valence-electron chi connectivity index (χ4n) is 1.02. The summed E-state index contributed by atoms with van der Waals surface area (Å²) >= 11 is 2.97. The maximum Gasteiger partial charge on any atom is 0.201 e. The van der Waals surface area contributed by atoms with E-state index in [2.05, 4.69) is 15.9 Å². The summed E-state index contributed by atoms with van der Waals surface area (Å²) in [5.74, 6) is -1.04. The third-order valence-corrected chi connectivity index (χ3v) is 2.27. The molecule has 0 aromatic heterocycles. The Morgan fingerprint density at radius 3 is 2.57 bits per heavy atom.